The Morgan fingerprint density at radius 2 is 2.00 bits per heavy atom. The van der Waals surface area contributed by atoms with Crippen molar-refractivity contribution >= 4 is 0 Å². The first-order valence-corrected chi connectivity index (χ1v) is 6.77. The van der Waals surface area contributed by atoms with Crippen LogP contribution in [0.25, 0.3) is 0 Å². The second-order valence-electron chi connectivity index (χ2n) is 5.47. The molecule has 0 aromatic heterocycles. The Morgan fingerprint density at radius 3 is 2.53 bits per heavy atom. The van der Waals surface area contributed by atoms with E-state index in [9.17, 15) is 0 Å². The summed E-state index contributed by atoms with van der Waals surface area (Å²) in [7, 11) is 0. The maximum Gasteiger partial charge on any atom is 0.0192 e. The van der Waals surface area contributed by atoms with Gasteiger partial charge in [0.05, 0.1) is 0 Å². The van der Waals surface area contributed by atoms with Crippen LogP contribution in [0.15, 0.2) is 0 Å². The fourth-order valence-corrected chi connectivity index (χ4v) is 2.16. The predicted molar refractivity (Wildman–Crippen MR) is 65.1 cm³/mol. The quantitative estimate of drug-likeness (QED) is 0.661. The van der Waals surface area contributed by atoms with Gasteiger partial charge in [-0.2, -0.15) is 0 Å². The van der Waals surface area contributed by atoms with Gasteiger partial charge in [-0.15, -0.1) is 0 Å². The lowest BCUT2D eigenvalue weighted by atomic mass is 10.2. The molecule has 0 amide bonds. The Bertz CT molecular complexity index is 185. The van der Waals surface area contributed by atoms with Gasteiger partial charge in [-0.05, 0) is 51.5 Å². The van der Waals surface area contributed by atoms with Crippen molar-refractivity contribution in [2.45, 2.75) is 58.0 Å². The number of nitrogens with one attached hydrogen (secondary N) is 1. The van der Waals surface area contributed by atoms with Gasteiger partial charge in [-0.1, -0.05) is 6.92 Å². The maximum absolute atomic E-state index is 3.65. The molecule has 2 fully saturated rings. The Labute approximate surface area is 94.4 Å². The lowest BCUT2D eigenvalue weighted by molar-refractivity contribution is 0.196. The van der Waals surface area contributed by atoms with E-state index in [0.29, 0.717) is 0 Å². The molecule has 1 unspecified atom stereocenters. The third kappa shape index (κ3) is 4.12. The van der Waals surface area contributed by atoms with Gasteiger partial charge >= 0.3 is 0 Å². The minimum Gasteiger partial charge on any atom is -0.312 e. The molecular weight excluding hydrogens is 184 g/mol. The van der Waals surface area contributed by atoms with Crippen LogP contribution in [0.1, 0.15) is 46.0 Å². The molecule has 2 rings (SSSR count). The molecule has 0 heterocycles. The summed E-state index contributed by atoms with van der Waals surface area (Å²) in [5.41, 5.74) is 0. The second kappa shape index (κ2) is 5.31. The molecular formula is C13H26N2. The third-order valence-electron chi connectivity index (χ3n) is 3.60. The van der Waals surface area contributed by atoms with E-state index < -0.39 is 0 Å². The molecule has 88 valence electrons. The first-order chi connectivity index (χ1) is 7.29. The van der Waals surface area contributed by atoms with Gasteiger partial charge in [0.1, 0.15) is 0 Å². The molecule has 2 heteroatoms. The van der Waals surface area contributed by atoms with Crippen molar-refractivity contribution < 1.29 is 0 Å². The van der Waals surface area contributed by atoms with Crippen molar-refractivity contribution in [1.82, 2.24) is 10.2 Å². The molecule has 0 aliphatic heterocycles. The zero-order chi connectivity index (χ0) is 10.7. The summed E-state index contributed by atoms with van der Waals surface area (Å²) in [6, 6.07) is 1.59. The predicted octanol–water partition coefficient (Wildman–Crippen LogP) is 2.25. The number of rotatable bonds is 8. The Kier molecular flexibility index (Phi) is 4.04. The van der Waals surface area contributed by atoms with E-state index in [1.54, 1.807) is 0 Å². The summed E-state index contributed by atoms with van der Waals surface area (Å²) in [5, 5.41) is 3.65. The van der Waals surface area contributed by atoms with Gasteiger partial charge < -0.3 is 5.32 Å². The third-order valence-corrected chi connectivity index (χ3v) is 3.60. The molecule has 15 heavy (non-hydrogen) atoms. The highest BCUT2D eigenvalue weighted by molar-refractivity contribution is 4.84. The van der Waals surface area contributed by atoms with Crippen molar-refractivity contribution in [3.8, 4) is 0 Å². The molecule has 0 radical (unpaired) electrons. The van der Waals surface area contributed by atoms with Crippen LogP contribution in [0.4, 0.5) is 0 Å². The number of hydrogen-bond acceptors (Lipinski definition) is 2. The van der Waals surface area contributed by atoms with E-state index in [1.807, 2.05) is 0 Å². The average Bonchev–Trinajstić information content (AvgIpc) is 3.07. The minimum absolute atomic E-state index is 0.728. The lowest BCUT2D eigenvalue weighted by Crippen LogP contribution is -2.42. The zero-order valence-electron chi connectivity index (χ0n) is 10.3. The molecule has 2 saturated carbocycles. The highest BCUT2D eigenvalue weighted by Crippen LogP contribution is 2.30. The average molecular weight is 210 g/mol. The summed E-state index contributed by atoms with van der Waals surface area (Å²) < 4.78 is 0. The largest absolute Gasteiger partial charge is 0.312 e. The number of hydrogen-bond donors (Lipinski definition) is 1. The summed E-state index contributed by atoms with van der Waals surface area (Å²) in [6.45, 7) is 8.50. The van der Waals surface area contributed by atoms with E-state index in [4.69, 9.17) is 0 Å². The van der Waals surface area contributed by atoms with Crippen LogP contribution >= 0.6 is 0 Å². The first kappa shape index (κ1) is 11.4. The van der Waals surface area contributed by atoms with Crippen molar-refractivity contribution in [2.75, 3.05) is 19.6 Å². The van der Waals surface area contributed by atoms with Gasteiger partial charge in [0, 0.05) is 25.2 Å². The molecule has 0 spiro atoms. The Morgan fingerprint density at radius 1 is 1.27 bits per heavy atom. The van der Waals surface area contributed by atoms with Crippen LogP contribution in [-0.4, -0.2) is 36.6 Å². The molecule has 2 nitrogen and oxygen atoms in total. The summed E-state index contributed by atoms with van der Waals surface area (Å²) in [4.78, 5) is 2.69. The van der Waals surface area contributed by atoms with Crippen LogP contribution in [0.2, 0.25) is 0 Å². The monoisotopic (exact) mass is 210 g/mol. The van der Waals surface area contributed by atoms with E-state index in [1.165, 1.54) is 51.7 Å². The zero-order valence-corrected chi connectivity index (χ0v) is 10.3. The molecule has 1 atom stereocenters. The van der Waals surface area contributed by atoms with E-state index in [2.05, 4.69) is 24.1 Å². The lowest BCUT2D eigenvalue weighted by Gasteiger charge is -2.29. The van der Waals surface area contributed by atoms with Crippen LogP contribution in [0.3, 0.4) is 0 Å². The van der Waals surface area contributed by atoms with Crippen molar-refractivity contribution in [3.63, 3.8) is 0 Å². The topological polar surface area (TPSA) is 15.3 Å². The van der Waals surface area contributed by atoms with Crippen LogP contribution in [0.5, 0.6) is 0 Å². The molecule has 0 bridgehead atoms. The smallest absolute Gasteiger partial charge is 0.0192 e. The number of nitrogens with zero attached hydrogens (tertiary/aromatic N) is 1. The molecule has 2 aliphatic rings. The van der Waals surface area contributed by atoms with Gasteiger partial charge in [0.25, 0.3) is 0 Å². The van der Waals surface area contributed by atoms with Crippen molar-refractivity contribution in [1.29, 1.82) is 0 Å². The van der Waals surface area contributed by atoms with Gasteiger partial charge in [-0.3, -0.25) is 4.90 Å². The molecule has 0 aromatic carbocycles. The standard InChI is InChI=1S/C13H26N2/c1-3-8-15(10-12-4-5-12)11(2)9-14-13-6-7-13/h11-14H,3-10H2,1-2H3. The summed E-state index contributed by atoms with van der Waals surface area (Å²) >= 11 is 0. The van der Waals surface area contributed by atoms with Gasteiger partial charge in [0.15, 0.2) is 0 Å². The molecule has 0 aromatic rings. The molecule has 1 N–H and O–H groups in total. The van der Waals surface area contributed by atoms with E-state index in [0.717, 1.165) is 18.0 Å². The van der Waals surface area contributed by atoms with Crippen LogP contribution in [-0.2, 0) is 0 Å². The Hall–Kier alpha value is -0.0800. The minimum atomic E-state index is 0.728. The van der Waals surface area contributed by atoms with Crippen LogP contribution in [0, 0.1) is 5.92 Å². The van der Waals surface area contributed by atoms with Crippen LogP contribution < -0.4 is 5.32 Å². The fraction of sp³-hybridized carbons (Fsp3) is 1.00. The highest BCUT2D eigenvalue weighted by Gasteiger charge is 2.27. The van der Waals surface area contributed by atoms with Gasteiger partial charge in [-0.25, -0.2) is 0 Å². The van der Waals surface area contributed by atoms with E-state index in [-0.39, 0.29) is 0 Å². The second-order valence-corrected chi connectivity index (χ2v) is 5.47. The molecule has 2 aliphatic carbocycles. The van der Waals surface area contributed by atoms with Crippen molar-refractivity contribution in [3.05, 3.63) is 0 Å². The summed E-state index contributed by atoms with van der Waals surface area (Å²) in [5.74, 6) is 1.03. The van der Waals surface area contributed by atoms with Crippen molar-refractivity contribution in [2.24, 2.45) is 5.92 Å². The maximum atomic E-state index is 3.65. The first-order valence-electron chi connectivity index (χ1n) is 6.77. The normalized spacial score (nSPS) is 23.4. The summed E-state index contributed by atoms with van der Waals surface area (Å²) in [6.07, 6.45) is 7.05. The van der Waals surface area contributed by atoms with Gasteiger partial charge in [0.2, 0.25) is 0 Å². The SMILES string of the molecule is CCCN(CC1CC1)C(C)CNC1CC1. The fourth-order valence-electron chi connectivity index (χ4n) is 2.16. The Balaban J connectivity index is 1.67. The molecule has 0 saturated heterocycles. The van der Waals surface area contributed by atoms with E-state index >= 15 is 0 Å². The highest BCUT2D eigenvalue weighted by atomic mass is 15.2.